The maximum atomic E-state index is 12.4. The summed E-state index contributed by atoms with van der Waals surface area (Å²) in [6, 6.07) is 0.162. The molecule has 106 valence electrons. The minimum atomic E-state index is -0.00660. The molecule has 0 bridgehead atoms. The number of nitrogens with one attached hydrogen (secondary N) is 1. The van der Waals surface area contributed by atoms with Crippen LogP contribution in [0.25, 0.3) is 0 Å². The van der Waals surface area contributed by atoms with E-state index in [0.29, 0.717) is 19.1 Å². The summed E-state index contributed by atoms with van der Waals surface area (Å²) in [4.78, 5) is 14.4. The zero-order valence-electron chi connectivity index (χ0n) is 12.4. The molecule has 3 unspecified atom stereocenters. The molecule has 1 heterocycles. The van der Waals surface area contributed by atoms with Crippen LogP contribution in [0.2, 0.25) is 0 Å². The maximum Gasteiger partial charge on any atom is 0.241 e. The summed E-state index contributed by atoms with van der Waals surface area (Å²) < 4.78 is 5.54. The van der Waals surface area contributed by atoms with E-state index in [1.54, 1.807) is 0 Å². The molecule has 3 atom stereocenters. The average molecular weight is 256 g/mol. The first-order chi connectivity index (χ1) is 8.52. The van der Waals surface area contributed by atoms with Crippen molar-refractivity contribution in [1.29, 1.82) is 0 Å². The average Bonchev–Trinajstić information content (AvgIpc) is 2.57. The van der Waals surface area contributed by atoms with E-state index in [2.05, 4.69) is 33.0 Å². The maximum absolute atomic E-state index is 12.4. The zero-order chi connectivity index (χ0) is 13.7. The summed E-state index contributed by atoms with van der Waals surface area (Å²) in [5.41, 5.74) is 0. The van der Waals surface area contributed by atoms with Crippen molar-refractivity contribution in [3.05, 3.63) is 0 Å². The van der Waals surface area contributed by atoms with Crippen molar-refractivity contribution in [2.75, 3.05) is 13.2 Å². The molecule has 0 aliphatic carbocycles. The molecule has 1 fully saturated rings. The number of carbonyl (C=O) groups excluding carboxylic acids is 1. The van der Waals surface area contributed by atoms with Crippen molar-refractivity contribution in [2.24, 2.45) is 5.92 Å². The fraction of sp³-hybridized carbons (Fsp3) is 0.929. The molecule has 0 aromatic heterocycles. The number of hydrogen-bond acceptors (Lipinski definition) is 3. The van der Waals surface area contributed by atoms with Crippen LogP contribution in [0.5, 0.6) is 0 Å². The van der Waals surface area contributed by atoms with Crippen molar-refractivity contribution in [2.45, 2.75) is 65.7 Å². The van der Waals surface area contributed by atoms with E-state index in [1.807, 2.05) is 11.8 Å². The Morgan fingerprint density at radius 3 is 2.56 bits per heavy atom. The molecule has 1 aliphatic heterocycles. The zero-order valence-corrected chi connectivity index (χ0v) is 12.4. The van der Waals surface area contributed by atoms with Gasteiger partial charge in [-0.1, -0.05) is 27.2 Å². The fourth-order valence-electron chi connectivity index (χ4n) is 2.59. The molecule has 1 amide bonds. The van der Waals surface area contributed by atoms with Crippen LogP contribution < -0.4 is 5.32 Å². The van der Waals surface area contributed by atoms with E-state index >= 15 is 0 Å². The van der Waals surface area contributed by atoms with E-state index in [9.17, 15) is 4.79 Å². The van der Waals surface area contributed by atoms with Gasteiger partial charge in [0.2, 0.25) is 5.91 Å². The first kappa shape index (κ1) is 15.4. The minimum Gasteiger partial charge on any atom is -0.380 e. The van der Waals surface area contributed by atoms with Gasteiger partial charge in [0.25, 0.3) is 0 Å². The van der Waals surface area contributed by atoms with Crippen LogP contribution >= 0.6 is 0 Å². The molecule has 0 radical (unpaired) electrons. The smallest absolute Gasteiger partial charge is 0.241 e. The first-order valence-corrected chi connectivity index (χ1v) is 7.18. The third kappa shape index (κ3) is 3.45. The lowest BCUT2D eigenvalue weighted by molar-refractivity contribution is -0.134. The van der Waals surface area contributed by atoms with Gasteiger partial charge in [-0.05, 0) is 26.2 Å². The molecule has 0 spiro atoms. The predicted octanol–water partition coefficient (Wildman–Crippen LogP) is 1.99. The lowest BCUT2D eigenvalue weighted by Crippen LogP contribution is -2.48. The molecule has 1 rings (SSSR count). The summed E-state index contributed by atoms with van der Waals surface area (Å²) in [6.45, 7) is 11.8. The lowest BCUT2D eigenvalue weighted by atomic mass is 10.0. The van der Waals surface area contributed by atoms with Crippen molar-refractivity contribution in [3.63, 3.8) is 0 Å². The van der Waals surface area contributed by atoms with Crippen LogP contribution in [0, 0.1) is 5.92 Å². The van der Waals surface area contributed by atoms with Gasteiger partial charge in [0.05, 0.1) is 24.9 Å². The Kier molecular flexibility index (Phi) is 6.09. The van der Waals surface area contributed by atoms with Gasteiger partial charge in [-0.25, -0.2) is 0 Å². The highest BCUT2D eigenvalue weighted by Crippen LogP contribution is 2.22. The summed E-state index contributed by atoms with van der Waals surface area (Å²) in [5.74, 6) is 0.646. The second kappa shape index (κ2) is 7.10. The third-order valence-electron chi connectivity index (χ3n) is 3.61. The second-order valence-corrected chi connectivity index (χ2v) is 5.40. The molecular weight excluding hydrogens is 228 g/mol. The number of amides is 1. The molecule has 4 nitrogen and oxygen atoms in total. The number of ether oxygens (including phenoxy) is 1. The number of rotatable bonds is 7. The van der Waals surface area contributed by atoms with Gasteiger partial charge >= 0.3 is 0 Å². The molecule has 0 aromatic carbocycles. The van der Waals surface area contributed by atoms with Crippen molar-refractivity contribution in [1.82, 2.24) is 10.2 Å². The van der Waals surface area contributed by atoms with Crippen molar-refractivity contribution < 1.29 is 9.53 Å². The Morgan fingerprint density at radius 2 is 2.06 bits per heavy atom. The molecule has 4 heteroatoms. The first-order valence-electron chi connectivity index (χ1n) is 7.18. The topological polar surface area (TPSA) is 41.6 Å². The second-order valence-electron chi connectivity index (χ2n) is 5.40. The van der Waals surface area contributed by atoms with Gasteiger partial charge in [-0.15, -0.1) is 0 Å². The summed E-state index contributed by atoms with van der Waals surface area (Å²) >= 11 is 0. The standard InChI is InChI=1S/C14H28N2O2/c1-6-8-12-14(17)16(11(5)15-12)13(10(3)4)9-18-7-2/h10-13,15H,6-9H2,1-5H3. The van der Waals surface area contributed by atoms with E-state index in [4.69, 9.17) is 4.74 Å². The van der Waals surface area contributed by atoms with Crippen LogP contribution in [0.4, 0.5) is 0 Å². The monoisotopic (exact) mass is 256 g/mol. The van der Waals surface area contributed by atoms with Gasteiger partial charge in [-0.3, -0.25) is 10.1 Å². The van der Waals surface area contributed by atoms with E-state index in [-0.39, 0.29) is 24.2 Å². The molecule has 1 aliphatic rings. The van der Waals surface area contributed by atoms with Gasteiger partial charge < -0.3 is 9.64 Å². The largest absolute Gasteiger partial charge is 0.380 e. The number of hydrogen-bond donors (Lipinski definition) is 1. The Balaban J connectivity index is 2.74. The van der Waals surface area contributed by atoms with Crippen LogP contribution in [0.15, 0.2) is 0 Å². The van der Waals surface area contributed by atoms with E-state index in [1.165, 1.54) is 0 Å². The normalized spacial score (nSPS) is 26.1. The van der Waals surface area contributed by atoms with Crippen LogP contribution in [0.1, 0.15) is 47.5 Å². The molecule has 0 saturated carbocycles. The predicted molar refractivity (Wildman–Crippen MR) is 73.3 cm³/mol. The molecule has 0 aromatic rings. The Morgan fingerprint density at radius 1 is 1.39 bits per heavy atom. The highest BCUT2D eigenvalue weighted by atomic mass is 16.5. The molecular formula is C14H28N2O2. The summed E-state index contributed by atoms with van der Waals surface area (Å²) in [5, 5.41) is 3.39. The Bertz CT molecular complexity index is 269. The highest BCUT2D eigenvalue weighted by molar-refractivity contribution is 5.84. The van der Waals surface area contributed by atoms with Crippen LogP contribution in [-0.2, 0) is 9.53 Å². The van der Waals surface area contributed by atoms with E-state index < -0.39 is 0 Å². The van der Waals surface area contributed by atoms with Crippen molar-refractivity contribution >= 4 is 5.91 Å². The quantitative estimate of drug-likeness (QED) is 0.757. The van der Waals surface area contributed by atoms with Crippen LogP contribution in [0.3, 0.4) is 0 Å². The molecule has 1 saturated heterocycles. The Hall–Kier alpha value is -0.610. The third-order valence-corrected chi connectivity index (χ3v) is 3.61. The van der Waals surface area contributed by atoms with Gasteiger partial charge in [0.15, 0.2) is 0 Å². The Labute approximate surface area is 111 Å². The van der Waals surface area contributed by atoms with Gasteiger partial charge in [0.1, 0.15) is 0 Å². The minimum absolute atomic E-state index is 0.00660. The van der Waals surface area contributed by atoms with Crippen LogP contribution in [-0.4, -0.2) is 42.3 Å². The molecule has 1 N–H and O–H groups in total. The number of nitrogens with zero attached hydrogens (tertiary/aromatic N) is 1. The number of carbonyl (C=O) groups is 1. The molecule has 18 heavy (non-hydrogen) atoms. The van der Waals surface area contributed by atoms with Crippen molar-refractivity contribution in [3.8, 4) is 0 Å². The van der Waals surface area contributed by atoms with Gasteiger partial charge in [0, 0.05) is 6.61 Å². The van der Waals surface area contributed by atoms with E-state index in [0.717, 1.165) is 12.8 Å². The summed E-state index contributed by atoms with van der Waals surface area (Å²) in [6.07, 6.45) is 2.06. The fourth-order valence-corrected chi connectivity index (χ4v) is 2.59. The summed E-state index contributed by atoms with van der Waals surface area (Å²) in [7, 11) is 0. The SMILES string of the molecule is CCCC1NC(C)N(C(COCC)C(C)C)C1=O. The van der Waals surface area contributed by atoms with Gasteiger partial charge in [-0.2, -0.15) is 0 Å². The lowest BCUT2D eigenvalue weighted by Gasteiger charge is -2.33. The highest BCUT2D eigenvalue weighted by Gasteiger charge is 2.40.